The fraction of sp³-hybridized carbons (Fsp3) is 0.286. The van der Waals surface area contributed by atoms with E-state index in [4.69, 9.17) is 11.5 Å². The van der Waals surface area contributed by atoms with Gasteiger partial charge >= 0.3 is 0 Å². The van der Waals surface area contributed by atoms with Crippen molar-refractivity contribution in [2.75, 3.05) is 24.1 Å². The number of anilines is 2. The normalized spacial score (nSPS) is 10.4. The maximum Gasteiger partial charge on any atom is 0.220 e. The molecule has 0 bridgehead atoms. The van der Waals surface area contributed by atoms with Gasteiger partial charge in [0.1, 0.15) is 0 Å². The van der Waals surface area contributed by atoms with Crippen molar-refractivity contribution in [1.29, 1.82) is 0 Å². The van der Waals surface area contributed by atoms with E-state index in [-0.39, 0.29) is 5.95 Å². The molecule has 1 aromatic heterocycles. The summed E-state index contributed by atoms with van der Waals surface area (Å²) in [4.78, 5) is 8.40. The molecule has 5 N–H and O–H groups in total. The maximum absolute atomic E-state index is 5.70. The number of nitrogen functional groups attached to an aromatic ring is 1. The summed E-state index contributed by atoms with van der Waals surface area (Å²) in [5.41, 5.74) is 15.1. The fourth-order valence-corrected chi connectivity index (χ4v) is 1.89. The molecule has 2 rings (SSSR count). The molecule has 0 atom stereocenters. The van der Waals surface area contributed by atoms with Gasteiger partial charge in [0.15, 0.2) is 0 Å². The third kappa shape index (κ3) is 3.20. The van der Waals surface area contributed by atoms with Gasteiger partial charge in [-0.25, -0.2) is 9.97 Å². The van der Waals surface area contributed by atoms with Crippen LogP contribution in [0.3, 0.4) is 0 Å². The Kier molecular flexibility index (Phi) is 4.30. The summed E-state index contributed by atoms with van der Waals surface area (Å²) >= 11 is 0. The molecule has 0 radical (unpaired) electrons. The van der Waals surface area contributed by atoms with Crippen molar-refractivity contribution in [3.05, 3.63) is 36.0 Å². The van der Waals surface area contributed by atoms with Crippen LogP contribution in [0.4, 0.5) is 11.6 Å². The van der Waals surface area contributed by atoms with Crippen LogP contribution >= 0.6 is 0 Å². The third-order valence-electron chi connectivity index (χ3n) is 2.90. The topological polar surface area (TPSA) is 89.8 Å². The number of hydrogen-bond donors (Lipinski definition) is 3. The number of aromatic nitrogens is 2. The van der Waals surface area contributed by atoms with Crippen LogP contribution in [0.1, 0.15) is 12.0 Å². The predicted octanol–water partition coefficient (Wildman–Crippen LogP) is 1.79. The van der Waals surface area contributed by atoms with E-state index in [2.05, 4.69) is 28.3 Å². The highest BCUT2D eigenvalue weighted by Crippen LogP contribution is 2.28. The highest BCUT2D eigenvalue weighted by Gasteiger charge is 2.10. The van der Waals surface area contributed by atoms with Crippen LogP contribution in [-0.4, -0.2) is 23.1 Å². The minimum absolute atomic E-state index is 0.280. The summed E-state index contributed by atoms with van der Waals surface area (Å²) in [6.45, 7) is 3.50. The van der Waals surface area contributed by atoms with Gasteiger partial charge in [-0.15, -0.1) is 0 Å². The van der Waals surface area contributed by atoms with E-state index < -0.39 is 0 Å². The standard InChI is InChI=1S/C14H19N5/c1-10-5-2-3-6-11(10)13-12(17-8-4-7-15)9-18-14(16)19-13/h2-3,5-6,9,17H,4,7-8,15H2,1H3,(H2,16,18,19). The van der Waals surface area contributed by atoms with E-state index in [1.165, 1.54) is 0 Å². The fourth-order valence-electron chi connectivity index (χ4n) is 1.89. The van der Waals surface area contributed by atoms with Gasteiger partial charge in [-0.05, 0) is 25.5 Å². The van der Waals surface area contributed by atoms with Gasteiger partial charge in [0, 0.05) is 12.1 Å². The highest BCUT2D eigenvalue weighted by molar-refractivity contribution is 5.76. The number of benzene rings is 1. The minimum atomic E-state index is 0.280. The molecule has 0 amide bonds. The zero-order valence-electron chi connectivity index (χ0n) is 11.1. The SMILES string of the molecule is Cc1ccccc1-c1nc(N)ncc1NCCCN. The van der Waals surface area contributed by atoms with Crippen LogP contribution in [0.5, 0.6) is 0 Å². The van der Waals surface area contributed by atoms with E-state index in [1.54, 1.807) is 6.20 Å². The zero-order chi connectivity index (χ0) is 13.7. The summed E-state index contributed by atoms with van der Waals surface area (Å²) in [6, 6.07) is 8.08. The number of hydrogen-bond acceptors (Lipinski definition) is 5. The third-order valence-corrected chi connectivity index (χ3v) is 2.90. The highest BCUT2D eigenvalue weighted by atomic mass is 15.0. The van der Waals surface area contributed by atoms with Crippen molar-refractivity contribution in [2.45, 2.75) is 13.3 Å². The lowest BCUT2D eigenvalue weighted by molar-refractivity contribution is 0.873. The van der Waals surface area contributed by atoms with Crippen molar-refractivity contribution in [3.8, 4) is 11.3 Å². The van der Waals surface area contributed by atoms with Gasteiger partial charge < -0.3 is 16.8 Å². The smallest absolute Gasteiger partial charge is 0.220 e. The van der Waals surface area contributed by atoms with Gasteiger partial charge in [0.2, 0.25) is 5.95 Å². The number of nitrogens with one attached hydrogen (secondary N) is 1. The van der Waals surface area contributed by atoms with E-state index in [0.29, 0.717) is 6.54 Å². The largest absolute Gasteiger partial charge is 0.382 e. The molecular weight excluding hydrogens is 238 g/mol. The Balaban J connectivity index is 2.37. The molecule has 1 heterocycles. The summed E-state index contributed by atoms with van der Waals surface area (Å²) in [5.74, 6) is 0.280. The van der Waals surface area contributed by atoms with E-state index in [0.717, 1.165) is 35.5 Å². The molecule has 0 saturated heterocycles. The zero-order valence-corrected chi connectivity index (χ0v) is 11.1. The molecule has 19 heavy (non-hydrogen) atoms. The molecule has 0 saturated carbocycles. The molecule has 0 aliphatic carbocycles. The molecular formula is C14H19N5. The first kappa shape index (κ1) is 13.3. The van der Waals surface area contributed by atoms with Crippen LogP contribution in [0.15, 0.2) is 30.5 Å². The average molecular weight is 257 g/mol. The molecule has 0 aliphatic rings. The van der Waals surface area contributed by atoms with E-state index in [1.807, 2.05) is 18.2 Å². The number of aryl methyl sites for hydroxylation is 1. The first-order chi connectivity index (χ1) is 9.22. The van der Waals surface area contributed by atoms with Gasteiger partial charge in [0.05, 0.1) is 17.6 Å². The van der Waals surface area contributed by atoms with E-state index >= 15 is 0 Å². The summed E-state index contributed by atoms with van der Waals surface area (Å²) in [7, 11) is 0. The van der Waals surface area contributed by atoms with Crippen LogP contribution in [-0.2, 0) is 0 Å². The number of nitrogens with zero attached hydrogens (tertiary/aromatic N) is 2. The summed E-state index contributed by atoms with van der Waals surface area (Å²) < 4.78 is 0. The molecule has 0 aliphatic heterocycles. The Labute approximate surface area is 113 Å². The monoisotopic (exact) mass is 257 g/mol. The van der Waals surface area contributed by atoms with Crippen LogP contribution in [0.25, 0.3) is 11.3 Å². The van der Waals surface area contributed by atoms with Crippen molar-refractivity contribution in [2.24, 2.45) is 5.73 Å². The summed E-state index contributed by atoms with van der Waals surface area (Å²) in [5, 5.41) is 3.31. The number of nitrogens with two attached hydrogens (primary N) is 2. The lowest BCUT2D eigenvalue weighted by atomic mass is 10.0. The lowest BCUT2D eigenvalue weighted by Gasteiger charge is -2.12. The van der Waals surface area contributed by atoms with E-state index in [9.17, 15) is 0 Å². The van der Waals surface area contributed by atoms with Crippen LogP contribution in [0, 0.1) is 6.92 Å². The predicted molar refractivity (Wildman–Crippen MR) is 78.8 cm³/mol. The van der Waals surface area contributed by atoms with Crippen molar-refractivity contribution >= 4 is 11.6 Å². The summed E-state index contributed by atoms with van der Waals surface area (Å²) in [6.07, 6.45) is 2.62. The molecule has 1 aromatic carbocycles. The van der Waals surface area contributed by atoms with Crippen molar-refractivity contribution < 1.29 is 0 Å². The molecule has 0 unspecified atom stereocenters. The van der Waals surface area contributed by atoms with Crippen LogP contribution < -0.4 is 16.8 Å². The Morgan fingerprint density at radius 3 is 2.79 bits per heavy atom. The maximum atomic E-state index is 5.70. The quantitative estimate of drug-likeness (QED) is 0.710. The first-order valence-corrected chi connectivity index (χ1v) is 6.35. The Morgan fingerprint density at radius 2 is 2.05 bits per heavy atom. The second kappa shape index (κ2) is 6.15. The first-order valence-electron chi connectivity index (χ1n) is 6.35. The average Bonchev–Trinajstić information content (AvgIpc) is 2.41. The van der Waals surface area contributed by atoms with Crippen molar-refractivity contribution in [1.82, 2.24) is 9.97 Å². The Bertz CT molecular complexity index is 553. The van der Waals surface area contributed by atoms with Gasteiger partial charge in [-0.3, -0.25) is 0 Å². The molecule has 0 fully saturated rings. The Hall–Kier alpha value is -2.14. The van der Waals surface area contributed by atoms with Gasteiger partial charge in [-0.2, -0.15) is 0 Å². The van der Waals surface area contributed by atoms with Crippen LogP contribution in [0.2, 0.25) is 0 Å². The lowest BCUT2D eigenvalue weighted by Crippen LogP contribution is -2.10. The van der Waals surface area contributed by atoms with Gasteiger partial charge in [-0.1, -0.05) is 24.3 Å². The number of rotatable bonds is 5. The minimum Gasteiger partial charge on any atom is -0.382 e. The second-order valence-corrected chi connectivity index (χ2v) is 4.37. The second-order valence-electron chi connectivity index (χ2n) is 4.37. The molecule has 5 heteroatoms. The molecule has 100 valence electrons. The van der Waals surface area contributed by atoms with Crippen molar-refractivity contribution in [3.63, 3.8) is 0 Å². The molecule has 5 nitrogen and oxygen atoms in total. The molecule has 2 aromatic rings. The Morgan fingerprint density at radius 1 is 1.26 bits per heavy atom. The van der Waals surface area contributed by atoms with Gasteiger partial charge in [0.25, 0.3) is 0 Å². The molecule has 0 spiro atoms.